The first kappa shape index (κ1) is 13.4. The Kier molecular flexibility index (Phi) is 4.24. The molecular formula is C13H18BrN3O. The van der Waals surface area contributed by atoms with E-state index >= 15 is 0 Å². The van der Waals surface area contributed by atoms with Crippen LogP contribution in [0.5, 0.6) is 0 Å². The molecule has 1 aliphatic rings. The standard InChI is InChI=1S/C13H18BrN3O/c1-2-5-17(10-7-16-8-10)12-6-9(14)3-4-11(12)13(15)18/h3-4,6,10,16H,2,5,7-8H2,1H3,(H2,15,18). The number of hydrogen-bond acceptors (Lipinski definition) is 3. The Morgan fingerprint density at radius 2 is 2.28 bits per heavy atom. The van der Waals surface area contributed by atoms with Crippen molar-refractivity contribution >= 4 is 27.5 Å². The van der Waals surface area contributed by atoms with Crippen LogP contribution >= 0.6 is 15.9 Å². The predicted molar refractivity (Wildman–Crippen MR) is 77.0 cm³/mol. The van der Waals surface area contributed by atoms with E-state index in [0.717, 1.165) is 36.2 Å². The molecule has 1 heterocycles. The van der Waals surface area contributed by atoms with Gasteiger partial charge < -0.3 is 16.0 Å². The van der Waals surface area contributed by atoms with E-state index in [1.165, 1.54) is 0 Å². The lowest BCUT2D eigenvalue weighted by Gasteiger charge is -2.40. The maximum Gasteiger partial charge on any atom is 0.250 e. The van der Waals surface area contributed by atoms with Crippen molar-refractivity contribution in [3.8, 4) is 0 Å². The summed E-state index contributed by atoms with van der Waals surface area (Å²) in [4.78, 5) is 13.8. The van der Waals surface area contributed by atoms with E-state index in [1.54, 1.807) is 6.07 Å². The monoisotopic (exact) mass is 311 g/mol. The zero-order valence-corrected chi connectivity index (χ0v) is 12.0. The Morgan fingerprint density at radius 1 is 1.56 bits per heavy atom. The van der Waals surface area contributed by atoms with Crippen LogP contribution in [0.2, 0.25) is 0 Å². The van der Waals surface area contributed by atoms with Crippen molar-refractivity contribution in [1.82, 2.24) is 5.32 Å². The molecule has 98 valence electrons. The molecule has 0 spiro atoms. The summed E-state index contributed by atoms with van der Waals surface area (Å²) in [7, 11) is 0. The number of carbonyl (C=O) groups excluding carboxylic acids is 1. The van der Waals surface area contributed by atoms with Gasteiger partial charge in [-0.2, -0.15) is 0 Å². The van der Waals surface area contributed by atoms with Gasteiger partial charge in [-0.3, -0.25) is 4.79 Å². The number of anilines is 1. The van der Waals surface area contributed by atoms with Gasteiger partial charge in [-0.05, 0) is 24.6 Å². The number of nitrogens with two attached hydrogens (primary N) is 1. The molecule has 3 N–H and O–H groups in total. The fourth-order valence-electron chi connectivity index (χ4n) is 2.19. The lowest BCUT2D eigenvalue weighted by atomic mass is 10.1. The minimum atomic E-state index is -0.370. The number of benzene rings is 1. The normalized spacial score (nSPS) is 15.2. The van der Waals surface area contributed by atoms with E-state index < -0.39 is 0 Å². The van der Waals surface area contributed by atoms with E-state index in [0.29, 0.717) is 11.6 Å². The Balaban J connectivity index is 2.37. The zero-order chi connectivity index (χ0) is 13.1. The molecule has 0 radical (unpaired) electrons. The molecule has 0 saturated carbocycles. The van der Waals surface area contributed by atoms with Crippen molar-refractivity contribution in [1.29, 1.82) is 0 Å². The Morgan fingerprint density at radius 3 is 2.78 bits per heavy atom. The number of amides is 1. The Hall–Kier alpha value is -1.07. The average Bonchev–Trinajstić information content (AvgIpc) is 2.25. The summed E-state index contributed by atoms with van der Waals surface area (Å²) in [5.41, 5.74) is 6.99. The predicted octanol–water partition coefficient (Wildman–Crippen LogP) is 1.74. The molecule has 1 amide bonds. The minimum absolute atomic E-state index is 0.370. The van der Waals surface area contributed by atoms with E-state index in [2.05, 4.69) is 33.1 Å². The summed E-state index contributed by atoms with van der Waals surface area (Å²) >= 11 is 3.46. The Bertz CT molecular complexity index is 446. The number of nitrogens with zero attached hydrogens (tertiary/aromatic N) is 1. The number of hydrogen-bond donors (Lipinski definition) is 2. The van der Waals surface area contributed by atoms with E-state index in [1.807, 2.05) is 12.1 Å². The van der Waals surface area contributed by atoms with Crippen LogP contribution in [0.3, 0.4) is 0 Å². The molecule has 0 aromatic heterocycles. The zero-order valence-electron chi connectivity index (χ0n) is 10.4. The van der Waals surface area contributed by atoms with Crippen molar-refractivity contribution in [2.45, 2.75) is 19.4 Å². The third-order valence-corrected chi connectivity index (χ3v) is 3.69. The summed E-state index contributed by atoms with van der Waals surface area (Å²) in [6, 6.07) is 6.08. The Labute approximate surface area is 116 Å². The van der Waals surface area contributed by atoms with Crippen LogP contribution in [0.25, 0.3) is 0 Å². The summed E-state index contributed by atoms with van der Waals surface area (Å²) in [6.45, 7) is 5.00. The maximum atomic E-state index is 11.5. The number of rotatable bonds is 5. The van der Waals surface area contributed by atoms with Gasteiger partial charge in [0.2, 0.25) is 0 Å². The van der Waals surface area contributed by atoms with Gasteiger partial charge in [0, 0.05) is 24.1 Å². The van der Waals surface area contributed by atoms with Crippen LogP contribution in [-0.2, 0) is 0 Å². The van der Waals surface area contributed by atoms with E-state index in [-0.39, 0.29) is 5.91 Å². The quantitative estimate of drug-likeness (QED) is 0.871. The van der Waals surface area contributed by atoms with Gasteiger partial charge in [0.1, 0.15) is 0 Å². The third kappa shape index (κ3) is 2.67. The smallest absolute Gasteiger partial charge is 0.250 e. The van der Waals surface area contributed by atoms with Gasteiger partial charge in [-0.25, -0.2) is 0 Å². The van der Waals surface area contributed by atoms with Crippen molar-refractivity contribution in [2.75, 3.05) is 24.5 Å². The van der Waals surface area contributed by atoms with Crippen molar-refractivity contribution < 1.29 is 4.79 Å². The van der Waals surface area contributed by atoms with Crippen molar-refractivity contribution in [2.24, 2.45) is 5.73 Å². The molecule has 1 aliphatic heterocycles. The number of primary amides is 1. The number of nitrogens with one attached hydrogen (secondary N) is 1. The lowest BCUT2D eigenvalue weighted by Crippen LogP contribution is -2.58. The third-order valence-electron chi connectivity index (χ3n) is 3.20. The van der Waals surface area contributed by atoms with Gasteiger partial charge in [0.05, 0.1) is 17.3 Å². The molecule has 2 rings (SSSR count). The van der Waals surface area contributed by atoms with E-state index in [9.17, 15) is 4.79 Å². The van der Waals surface area contributed by atoms with Crippen LogP contribution in [0.15, 0.2) is 22.7 Å². The summed E-state index contributed by atoms with van der Waals surface area (Å²) < 4.78 is 0.968. The second-order valence-electron chi connectivity index (χ2n) is 4.53. The molecule has 18 heavy (non-hydrogen) atoms. The lowest BCUT2D eigenvalue weighted by molar-refractivity contribution is 0.100. The van der Waals surface area contributed by atoms with Crippen LogP contribution in [0, 0.1) is 0 Å². The fourth-order valence-corrected chi connectivity index (χ4v) is 2.53. The summed E-state index contributed by atoms with van der Waals surface area (Å²) in [5, 5.41) is 3.26. The molecule has 4 nitrogen and oxygen atoms in total. The molecule has 0 unspecified atom stereocenters. The first-order valence-corrected chi connectivity index (χ1v) is 6.99. The molecule has 0 atom stereocenters. The molecule has 0 aliphatic carbocycles. The van der Waals surface area contributed by atoms with Crippen LogP contribution in [0.1, 0.15) is 23.7 Å². The van der Waals surface area contributed by atoms with Crippen molar-refractivity contribution in [3.05, 3.63) is 28.2 Å². The van der Waals surface area contributed by atoms with Gasteiger partial charge >= 0.3 is 0 Å². The SMILES string of the molecule is CCCN(c1cc(Br)ccc1C(N)=O)C1CNC1. The maximum absolute atomic E-state index is 11.5. The largest absolute Gasteiger partial charge is 0.366 e. The molecule has 1 saturated heterocycles. The highest BCUT2D eigenvalue weighted by atomic mass is 79.9. The van der Waals surface area contributed by atoms with Crippen LogP contribution in [-0.4, -0.2) is 31.6 Å². The van der Waals surface area contributed by atoms with Gasteiger partial charge in [0.15, 0.2) is 0 Å². The molecular weight excluding hydrogens is 294 g/mol. The van der Waals surface area contributed by atoms with Crippen molar-refractivity contribution in [3.63, 3.8) is 0 Å². The molecule has 1 aromatic rings. The van der Waals surface area contributed by atoms with E-state index in [4.69, 9.17) is 5.73 Å². The van der Waals surface area contributed by atoms with Gasteiger partial charge in [-0.1, -0.05) is 22.9 Å². The first-order valence-electron chi connectivity index (χ1n) is 6.20. The summed E-state index contributed by atoms with van der Waals surface area (Å²) in [5.74, 6) is -0.370. The van der Waals surface area contributed by atoms with Gasteiger partial charge in [0.25, 0.3) is 5.91 Å². The highest BCUT2D eigenvalue weighted by Gasteiger charge is 2.26. The average molecular weight is 312 g/mol. The second kappa shape index (κ2) is 5.71. The molecule has 1 aromatic carbocycles. The first-order chi connectivity index (χ1) is 8.63. The van der Waals surface area contributed by atoms with Gasteiger partial charge in [-0.15, -0.1) is 0 Å². The molecule has 0 bridgehead atoms. The number of halogens is 1. The highest BCUT2D eigenvalue weighted by Crippen LogP contribution is 2.27. The van der Waals surface area contributed by atoms with Crippen LogP contribution in [0.4, 0.5) is 5.69 Å². The van der Waals surface area contributed by atoms with Crippen LogP contribution < -0.4 is 16.0 Å². The minimum Gasteiger partial charge on any atom is -0.366 e. The second-order valence-corrected chi connectivity index (χ2v) is 5.45. The topological polar surface area (TPSA) is 58.4 Å². The molecule has 5 heteroatoms. The fraction of sp³-hybridized carbons (Fsp3) is 0.462. The number of carbonyl (C=O) groups is 1. The summed E-state index contributed by atoms with van der Waals surface area (Å²) in [6.07, 6.45) is 1.04. The molecule has 1 fully saturated rings. The highest BCUT2D eigenvalue weighted by molar-refractivity contribution is 9.10.